The van der Waals surface area contributed by atoms with E-state index in [1.807, 2.05) is 76.2 Å². The lowest BCUT2D eigenvalue weighted by atomic mass is 9.97. The molecule has 2 heterocycles. The minimum absolute atomic E-state index is 0.201. The normalized spacial score (nSPS) is 13.9. The molecule has 0 aliphatic carbocycles. The highest BCUT2D eigenvalue weighted by Gasteiger charge is 2.39. The van der Waals surface area contributed by atoms with Crippen LogP contribution < -0.4 is 5.32 Å². The molecule has 0 radical (unpaired) electrons. The van der Waals surface area contributed by atoms with E-state index in [-0.39, 0.29) is 18.4 Å². The Morgan fingerprint density at radius 1 is 0.806 bits per heavy atom. The van der Waals surface area contributed by atoms with E-state index in [0.29, 0.717) is 11.3 Å². The maximum atomic E-state index is 13.5. The molecule has 4 rings (SSSR count). The molecule has 0 spiro atoms. The largest absolute Gasteiger partial charge is 0.350 e. The Bertz CT molecular complexity index is 1210. The van der Waals surface area contributed by atoms with Gasteiger partial charge in [0, 0.05) is 18.1 Å². The van der Waals surface area contributed by atoms with E-state index in [9.17, 15) is 9.59 Å². The van der Waals surface area contributed by atoms with Crippen LogP contribution in [0.3, 0.4) is 0 Å². The first-order valence-electron chi connectivity index (χ1n) is 10.3. The monoisotopic (exact) mass is 411 g/mol. The third-order valence-corrected chi connectivity index (χ3v) is 5.69. The summed E-state index contributed by atoms with van der Waals surface area (Å²) in [6, 6.07) is 15.5. The fourth-order valence-electron chi connectivity index (χ4n) is 3.81. The number of benzene rings is 2. The number of aromatic nitrogens is 1. The van der Waals surface area contributed by atoms with E-state index in [0.717, 1.165) is 33.5 Å². The van der Waals surface area contributed by atoms with Crippen molar-refractivity contribution >= 4 is 23.1 Å². The topological polar surface area (TPSA) is 62.3 Å². The molecule has 1 aromatic heterocycles. The Balaban J connectivity index is 1.79. The van der Waals surface area contributed by atoms with Crippen molar-refractivity contribution in [3.63, 3.8) is 0 Å². The second-order valence-corrected chi connectivity index (χ2v) is 8.04. The van der Waals surface area contributed by atoms with Gasteiger partial charge in [0.15, 0.2) is 0 Å². The van der Waals surface area contributed by atoms with Crippen molar-refractivity contribution in [2.24, 2.45) is 0 Å². The standard InChI is InChI=1S/C26H25N3O2/c1-16-5-8-22(19(4)13-16)23-24(28-21-7-6-17(2)18(3)14-21)26(31)29(25(23)30)15-20-9-11-27-12-10-20/h5-14,28H,15H2,1-4H3. The third-order valence-electron chi connectivity index (χ3n) is 5.69. The van der Waals surface area contributed by atoms with Gasteiger partial charge < -0.3 is 5.32 Å². The molecule has 1 N–H and O–H groups in total. The Hall–Kier alpha value is -3.73. The van der Waals surface area contributed by atoms with E-state index < -0.39 is 0 Å². The average Bonchev–Trinajstić information content (AvgIpc) is 2.96. The van der Waals surface area contributed by atoms with E-state index in [1.54, 1.807) is 12.4 Å². The van der Waals surface area contributed by atoms with Crippen molar-refractivity contribution in [1.29, 1.82) is 0 Å². The molecule has 0 saturated carbocycles. The van der Waals surface area contributed by atoms with Crippen LogP contribution in [0.5, 0.6) is 0 Å². The molecular formula is C26H25N3O2. The highest BCUT2D eigenvalue weighted by Crippen LogP contribution is 2.33. The van der Waals surface area contributed by atoms with Gasteiger partial charge >= 0.3 is 0 Å². The van der Waals surface area contributed by atoms with Crippen LogP contribution in [-0.2, 0) is 16.1 Å². The number of carbonyl (C=O) groups is 2. The molecule has 5 nitrogen and oxygen atoms in total. The molecule has 156 valence electrons. The van der Waals surface area contributed by atoms with Crippen molar-refractivity contribution in [3.8, 4) is 0 Å². The van der Waals surface area contributed by atoms with Crippen molar-refractivity contribution < 1.29 is 9.59 Å². The minimum Gasteiger partial charge on any atom is -0.350 e. The molecule has 1 aliphatic heterocycles. The lowest BCUT2D eigenvalue weighted by Gasteiger charge is -2.15. The molecule has 0 saturated heterocycles. The summed E-state index contributed by atoms with van der Waals surface area (Å²) in [4.78, 5) is 32.2. The second kappa shape index (κ2) is 8.19. The Labute approximate surface area is 182 Å². The molecular weight excluding hydrogens is 386 g/mol. The zero-order valence-electron chi connectivity index (χ0n) is 18.2. The number of amides is 2. The highest BCUT2D eigenvalue weighted by molar-refractivity contribution is 6.36. The van der Waals surface area contributed by atoms with Crippen molar-refractivity contribution in [3.05, 3.63) is 100 Å². The molecule has 5 heteroatoms. The summed E-state index contributed by atoms with van der Waals surface area (Å²) >= 11 is 0. The number of carbonyl (C=O) groups excluding carboxylic acids is 2. The van der Waals surface area contributed by atoms with Crippen molar-refractivity contribution in [2.75, 3.05) is 5.32 Å². The molecule has 0 bridgehead atoms. The summed E-state index contributed by atoms with van der Waals surface area (Å²) in [6.07, 6.45) is 3.32. The Kier molecular flexibility index (Phi) is 5.42. The molecule has 31 heavy (non-hydrogen) atoms. The maximum absolute atomic E-state index is 13.5. The number of hydrogen-bond donors (Lipinski definition) is 1. The van der Waals surface area contributed by atoms with E-state index in [4.69, 9.17) is 0 Å². The number of nitrogens with zero attached hydrogens (tertiary/aromatic N) is 2. The maximum Gasteiger partial charge on any atom is 0.278 e. The summed E-state index contributed by atoms with van der Waals surface area (Å²) < 4.78 is 0. The third kappa shape index (κ3) is 3.99. The number of anilines is 1. The predicted octanol–water partition coefficient (Wildman–Crippen LogP) is 4.71. The highest BCUT2D eigenvalue weighted by atomic mass is 16.2. The first-order valence-corrected chi connectivity index (χ1v) is 10.3. The van der Waals surface area contributed by atoms with Crippen LogP contribution in [0.25, 0.3) is 5.57 Å². The number of imide groups is 1. The van der Waals surface area contributed by atoms with Crippen molar-refractivity contribution in [1.82, 2.24) is 9.88 Å². The number of nitrogens with one attached hydrogen (secondary N) is 1. The van der Waals surface area contributed by atoms with Crippen molar-refractivity contribution in [2.45, 2.75) is 34.2 Å². The van der Waals surface area contributed by atoms with Gasteiger partial charge in [-0.05, 0) is 79.8 Å². The Morgan fingerprint density at radius 3 is 2.23 bits per heavy atom. The zero-order valence-corrected chi connectivity index (χ0v) is 18.2. The summed E-state index contributed by atoms with van der Waals surface area (Å²) in [5.41, 5.74) is 7.48. The molecule has 0 atom stereocenters. The van der Waals surface area contributed by atoms with Gasteiger partial charge in [0.1, 0.15) is 5.70 Å². The fourth-order valence-corrected chi connectivity index (χ4v) is 3.81. The van der Waals surface area contributed by atoms with Crippen LogP contribution in [0, 0.1) is 27.7 Å². The lowest BCUT2D eigenvalue weighted by molar-refractivity contribution is -0.137. The van der Waals surface area contributed by atoms with Gasteiger partial charge in [-0.1, -0.05) is 29.8 Å². The van der Waals surface area contributed by atoms with E-state index in [2.05, 4.69) is 10.3 Å². The minimum atomic E-state index is -0.324. The van der Waals surface area contributed by atoms with Gasteiger partial charge in [-0.2, -0.15) is 0 Å². The average molecular weight is 412 g/mol. The smallest absolute Gasteiger partial charge is 0.278 e. The zero-order chi connectivity index (χ0) is 22.1. The van der Waals surface area contributed by atoms with Crippen LogP contribution in [0.4, 0.5) is 5.69 Å². The molecule has 2 amide bonds. The summed E-state index contributed by atoms with van der Waals surface area (Å²) in [5, 5.41) is 3.25. The first-order chi connectivity index (χ1) is 14.8. The second-order valence-electron chi connectivity index (χ2n) is 8.04. The molecule has 0 unspecified atom stereocenters. The number of hydrogen-bond acceptors (Lipinski definition) is 4. The Morgan fingerprint density at radius 2 is 1.55 bits per heavy atom. The SMILES string of the molecule is Cc1ccc(C2=C(Nc3ccc(C)c(C)c3)C(=O)N(Cc3ccncc3)C2=O)c(C)c1. The van der Waals surface area contributed by atoms with Crippen LogP contribution in [0.15, 0.2) is 66.6 Å². The van der Waals surface area contributed by atoms with Crippen LogP contribution in [0.2, 0.25) is 0 Å². The lowest BCUT2D eigenvalue weighted by Crippen LogP contribution is -2.32. The van der Waals surface area contributed by atoms with Gasteiger partial charge in [-0.25, -0.2) is 0 Å². The summed E-state index contributed by atoms with van der Waals surface area (Å²) in [6.45, 7) is 8.24. The fraction of sp³-hybridized carbons (Fsp3) is 0.192. The van der Waals surface area contributed by atoms with Crippen LogP contribution in [-0.4, -0.2) is 21.7 Å². The van der Waals surface area contributed by atoms with Gasteiger partial charge in [0.05, 0.1) is 12.1 Å². The quantitative estimate of drug-likeness (QED) is 0.618. The summed E-state index contributed by atoms with van der Waals surface area (Å²) in [5.74, 6) is -0.616. The first kappa shape index (κ1) is 20.5. The summed E-state index contributed by atoms with van der Waals surface area (Å²) in [7, 11) is 0. The number of pyridine rings is 1. The van der Waals surface area contributed by atoms with Crippen LogP contribution >= 0.6 is 0 Å². The molecule has 1 aliphatic rings. The molecule has 3 aromatic rings. The van der Waals surface area contributed by atoms with Crippen LogP contribution in [0.1, 0.15) is 33.4 Å². The number of aryl methyl sites for hydroxylation is 4. The van der Waals surface area contributed by atoms with Gasteiger partial charge in [-0.3, -0.25) is 19.5 Å². The van der Waals surface area contributed by atoms with E-state index >= 15 is 0 Å². The van der Waals surface area contributed by atoms with Gasteiger partial charge in [0.2, 0.25) is 0 Å². The number of rotatable bonds is 5. The van der Waals surface area contributed by atoms with E-state index in [1.165, 1.54) is 10.5 Å². The van der Waals surface area contributed by atoms with Gasteiger partial charge in [0.25, 0.3) is 11.8 Å². The molecule has 0 fully saturated rings. The predicted molar refractivity (Wildman–Crippen MR) is 122 cm³/mol. The molecule has 2 aromatic carbocycles. The van der Waals surface area contributed by atoms with Gasteiger partial charge in [-0.15, -0.1) is 0 Å².